The maximum Gasteiger partial charge on any atom is 0.254 e. The molecule has 0 bridgehead atoms. The lowest BCUT2D eigenvalue weighted by atomic mass is 9.94. The fraction of sp³-hybridized carbons (Fsp3) is 0.261. The fourth-order valence-corrected chi connectivity index (χ4v) is 4.44. The Morgan fingerprint density at radius 2 is 2.06 bits per heavy atom. The minimum atomic E-state index is -1.04. The van der Waals surface area contributed by atoms with Crippen LogP contribution in [0.5, 0.6) is 0 Å². The maximum absolute atomic E-state index is 13.5. The van der Waals surface area contributed by atoms with Crippen LogP contribution in [0.1, 0.15) is 38.3 Å². The molecule has 4 rings (SSSR count). The summed E-state index contributed by atoms with van der Waals surface area (Å²) in [7, 11) is 0. The van der Waals surface area contributed by atoms with Gasteiger partial charge in [0.05, 0.1) is 6.42 Å². The molecule has 0 aliphatic carbocycles. The molecule has 1 aromatic carbocycles. The number of rotatable bonds is 5. The van der Waals surface area contributed by atoms with Crippen LogP contribution in [0.15, 0.2) is 41.2 Å². The molecule has 2 aromatic heterocycles. The number of fused-ring (bicyclic) bond motifs is 1. The minimum absolute atomic E-state index is 0.0543. The summed E-state index contributed by atoms with van der Waals surface area (Å²) in [5.41, 5.74) is 4.89. The van der Waals surface area contributed by atoms with Gasteiger partial charge < -0.3 is 10.2 Å². The number of carbonyl (C=O) groups is 2. The number of amides is 2. The number of aryl methyl sites for hydroxylation is 1. The standard InChI is InChI=1S/C23H21F2N3O2S/c1-14-19(11-27-22(29)8-15-5-7-31-13-15)18-4-6-28(12-17(18)10-26-14)23(30)16-2-3-20(24)21(25)9-16/h2-3,5,7,9-10,13H,4,6,8,11-12H2,1H3,(H,27,29). The molecule has 5 nitrogen and oxygen atoms in total. The molecule has 8 heteroatoms. The first-order valence-corrected chi connectivity index (χ1v) is 10.8. The van der Waals surface area contributed by atoms with Crippen molar-refractivity contribution in [1.82, 2.24) is 15.2 Å². The summed E-state index contributed by atoms with van der Waals surface area (Å²) in [6.07, 6.45) is 2.68. The number of pyridine rings is 1. The fourth-order valence-electron chi connectivity index (χ4n) is 3.77. The molecule has 0 spiro atoms. The third-order valence-electron chi connectivity index (χ3n) is 5.46. The highest BCUT2D eigenvalue weighted by molar-refractivity contribution is 7.08. The van der Waals surface area contributed by atoms with Gasteiger partial charge >= 0.3 is 0 Å². The summed E-state index contributed by atoms with van der Waals surface area (Å²) in [4.78, 5) is 31.1. The van der Waals surface area contributed by atoms with Gasteiger partial charge in [0.25, 0.3) is 5.91 Å². The van der Waals surface area contributed by atoms with Crippen molar-refractivity contribution in [2.24, 2.45) is 0 Å². The van der Waals surface area contributed by atoms with Gasteiger partial charge in [-0.1, -0.05) is 0 Å². The molecule has 1 aliphatic heterocycles. The summed E-state index contributed by atoms with van der Waals surface area (Å²) in [6.45, 7) is 3.06. The van der Waals surface area contributed by atoms with Gasteiger partial charge in [-0.25, -0.2) is 8.78 Å². The molecule has 0 unspecified atom stereocenters. The van der Waals surface area contributed by atoms with Crippen LogP contribution in [0.2, 0.25) is 0 Å². The molecular formula is C23H21F2N3O2S. The van der Waals surface area contributed by atoms with Crippen molar-refractivity contribution in [2.45, 2.75) is 32.9 Å². The molecule has 0 radical (unpaired) electrons. The van der Waals surface area contributed by atoms with Crippen LogP contribution < -0.4 is 5.32 Å². The van der Waals surface area contributed by atoms with Crippen molar-refractivity contribution in [3.8, 4) is 0 Å². The van der Waals surface area contributed by atoms with Crippen LogP contribution in [0, 0.1) is 18.6 Å². The lowest BCUT2D eigenvalue weighted by molar-refractivity contribution is -0.120. The Hall–Kier alpha value is -3.13. The summed E-state index contributed by atoms with van der Waals surface area (Å²) in [6, 6.07) is 5.11. The Balaban J connectivity index is 1.47. The Bertz CT molecular complexity index is 1130. The monoisotopic (exact) mass is 441 g/mol. The van der Waals surface area contributed by atoms with Crippen LogP contribution in [0.4, 0.5) is 8.78 Å². The molecular weight excluding hydrogens is 420 g/mol. The Labute approximate surface area is 182 Å². The first-order chi connectivity index (χ1) is 14.9. The van der Waals surface area contributed by atoms with Crippen molar-refractivity contribution in [2.75, 3.05) is 6.54 Å². The Morgan fingerprint density at radius 3 is 2.81 bits per heavy atom. The van der Waals surface area contributed by atoms with Gasteiger partial charge in [-0.3, -0.25) is 14.6 Å². The van der Waals surface area contributed by atoms with Gasteiger partial charge in [0.15, 0.2) is 11.6 Å². The zero-order valence-electron chi connectivity index (χ0n) is 17.0. The molecule has 0 saturated carbocycles. The van der Waals surface area contributed by atoms with Crippen molar-refractivity contribution < 1.29 is 18.4 Å². The lowest BCUT2D eigenvalue weighted by Gasteiger charge is -2.30. The van der Waals surface area contributed by atoms with E-state index in [1.54, 1.807) is 22.4 Å². The predicted octanol–water partition coefficient (Wildman–Crippen LogP) is 3.79. The molecule has 2 amide bonds. The third kappa shape index (κ3) is 4.64. The number of nitrogens with one attached hydrogen (secondary N) is 1. The van der Waals surface area contributed by atoms with Crippen molar-refractivity contribution in [3.05, 3.63) is 86.4 Å². The van der Waals surface area contributed by atoms with E-state index in [-0.39, 0.29) is 17.4 Å². The second-order valence-corrected chi connectivity index (χ2v) is 8.30. The van der Waals surface area contributed by atoms with E-state index >= 15 is 0 Å². The number of hydrogen-bond donors (Lipinski definition) is 1. The number of nitrogens with zero attached hydrogens (tertiary/aromatic N) is 2. The smallest absolute Gasteiger partial charge is 0.254 e. The molecule has 0 fully saturated rings. The number of thiophene rings is 1. The summed E-state index contributed by atoms with van der Waals surface area (Å²) >= 11 is 1.56. The number of aromatic nitrogens is 1. The van der Waals surface area contributed by atoms with Crippen molar-refractivity contribution in [3.63, 3.8) is 0 Å². The molecule has 160 valence electrons. The van der Waals surface area contributed by atoms with E-state index in [9.17, 15) is 18.4 Å². The first-order valence-electron chi connectivity index (χ1n) is 9.90. The largest absolute Gasteiger partial charge is 0.352 e. The summed E-state index contributed by atoms with van der Waals surface area (Å²) in [5.74, 6) is -2.43. The highest BCUT2D eigenvalue weighted by atomic mass is 32.1. The number of benzene rings is 1. The second-order valence-electron chi connectivity index (χ2n) is 7.52. The molecule has 1 aliphatic rings. The van der Waals surface area contributed by atoms with Gasteiger partial charge in [-0.05, 0) is 70.6 Å². The normalized spacial score (nSPS) is 13.1. The topological polar surface area (TPSA) is 62.3 Å². The van der Waals surface area contributed by atoms with Crippen LogP contribution >= 0.6 is 11.3 Å². The third-order valence-corrected chi connectivity index (χ3v) is 6.19. The quantitative estimate of drug-likeness (QED) is 0.655. The van der Waals surface area contributed by atoms with E-state index in [4.69, 9.17) is 0 Å². The van der Waals surface area contributed by atoms with Crippen LogP contribution in [-0.4, -0.2) is 28.2 Å². The van der Waals surface area contributed by atoms with E-state index in [1.807, 2.05) is 23.8 Å². The molecule has 3 heterocycles. The highest BCUT2D eigenvalue weighted by Gasteiger charge is 2.25. The zero-order valence-corrected chi connectivity index (χ0v) is 17.8. The number of hydrogen-bond acceptors (Lipinski definition) is 4. The van der Waals surface area contributed by atoms with Crippen LogP contribution in [-0.2, 0) is 30.7 Å². The van der Waals surface area contributed by atoms with E-state index < -0.39 is 11.6 Å². The Kier molecular flexibility index (Phi) is 6.08. The zero-order chi connectivity index (χ0) is 22.0. The minimum Gasteiger partial charge on any atom is -0.352 e. The van der Waals surface area contributed by atoms with Crippen molar-refractivity contribution >= 4 is 23.2 Å². The van der Waals surface area contributed by atoms with Gasteiger partial charge in [0.2, 0.25) is 5.91 Å². The average Bonchev–Trinajstić information content (AvgIpc) is 3.27. The van der Waals surface area contributed by atoms with Gasteiger partial charge in [0.1, 0.15) is 0 Å². The van der Waals surface area contributed by atoms with Gasteiger partial charge in [0, 0.05) is 37.1 Å². The van der Waals surface area contributed by atoms with E-state index in [0.29, 0.717) is 32.5 Å². The first kappa shape index (κ1) is 21.1. The molecule has 1 N–H and O–H groups in total. The number of halogens is 2. The van der Waals surface area contributed by atoms with E-state index in [1.165, 1.54) is 6.07 Å². The maximum atomic E-state index is 13.5. The summed E-state index contributed by atoms with van der Waals surface area (Å²) < 4.78 is 26.7. The van der Waals surface area contributed by atoms with E-state index in [2.05, 4.69) is 10.3 Å². The van der Waals surface area contributed by atoms with Gasteiger partial charge in [-0.2, -0.15) is 11.3 Å². The van der Waals surface area contributed by atoms with Gasteiger partial charge in [-0.15, -0.1) is 0 Å². The predicted molar refractivity (Wildman–Crippen MR) is 114 cm³/mol. The van der Waals surface area contributed by atoms with Crippen LogP contribution in [0.25, 0.3) is 0 Å². The SMILES string of the molecule is Cc1ncc2c(c1CNC(=O)Cc1ccsc1)CCN(C(=O)c1ccc(F)c(F)c1)C2. The Morgan fingerprint density at radius 1 is 1.23 bits per heavy atom. The summed E-state index contributed by atoms with van der Waals surface area (Å²) in [5, 5.41) is 6.86. The molecule has 3 aromatic rings. The highest BCUT2D eigenvalue weighted by Crippen LogP contribution is 2.25. The molecule has 0 atom stereocenters. The average molecular weight is 442 g/mol. The second kappa shape index (κ2) is 8.93. The van der Waals surface area contributed by atoms with Crippen LogP contribution in [0.3, 0.4) is 0 Å². The molecule has 0 saturated heterocycles. The number of carbonyl (C=O) groups excluding carboxylic acids is 2. The lowest BCUT2D eigenvalue weighted by Crippen LogP contribution is -2.37. The van der Waals surface area contributed by atoms with E-state index in [0.717, 1.165) is 40.1 Å². The molecule has 31 heavy (non-hydrogen) atoms. The van der Waals surface area contributed by atoms with Crippen molar-refractivity contribution in [1.29, 1.82) is 0 Å².